The quantitative estimate of drug-likeness (QED) is 0.650. The zero-order valence-corrected chi connectivity index (χ0v) is 16.8. The number of ether oxygens (including phenoxy) is 1. The summed E-state index contributed by atoms with van der Waals surface area (Å²) >= 11 is 0. The number of carboxylic acid groups (broad SMARTS) is 1. The third kappa shape index (κ3) is 6.01. The smallest absolute Gasteiger partial charge is 0.290 e. The Kier molecular flexibility index (Phi) is 8.15. The minimum Gasteiger partial charge on any atom is -0.483 e. The van der Waals surface area contributed by atoms with E-state index in [9.17, 15) is 18.0 Å². The lowest BCUT2D eigenvalue weighted by Gasteiger charge is -2.45. The SMILES string of the molecule is NC(=O)[C@H]1CC[C@H]2OCCN(C(=O)CCS(=O)(=O)c3ccccc3)[C@@H]2C1.O=CO. The van der Waals surface area contributed by atoms with Crippen molar-refractivity contribution in [3.8, 4) is 0 Å². The molecule has 1 heterocycles. The first kappa shape index (κ1) is 22.8. The van der Waals surface area contributed by atoms with Crippen LogP contribution < -0.4 is 5.73 Å². The first-order chi connectivity index (χ1) is 13.8. The predicted octanol–water partition coefficient (Wildman–Crippen LogP) is 0.433. The Hall–Kier alpha value is -2.46. The lowest BCUT2D eigenvalue weighted by molar-refractivity contribution is -0.153. The van der Waals surface area contributed by atoms with Gasteiger partial charge in [-0.25, -0.2) is 8.42 Å². The maximum atomic E-state index is 12.7. The van der Waals surface area contributed by atoms with Gasteiger partial charge >= 0.3 is 0 Å². The Morgan fingerprint density at radius 2 is 1.90 bits per heavy atom. The number of hydrogen-bond acceptors (Lipinski definition) is 6. The highest BCUT2D eigenvalue weighted by Gasteiger charge is 2.41. The highest BCUT2D eigenvalue weighted by molar-refractivity contribution is 7.91. The molecule has 0 unspecified atom stereocenters. The largest absolute Gasteiger partial charge is 0.483 e. The maximum absolute atomic E-state index is 12.7. The van der Waals surface area contributed by atoms with E-state index in [1.807, 2.05) is 0 Å². The first-order valence-corrected chi connectivity index (χ1v) is 11.0. The number of amides is 2. The molecular formula is C19H26N2O7S. The van der Waals surface area contributed by atoms with Crippen LogP contribution in [-0.2, 0) is 29.0 Å². The number of rotatable bonds is 5. The number of hydrogen-bond donors (Lipinski definition) is 2. The molecule has 1 aliphatic carbocycles. The molecule has 1 saturated heterocycles. The van der Waals surface area contributed by atoms with Crippen LogP contribution in [0.4, 0.5) is 0 Å². The van der Waals surface area contributed by atoms with Crippen LogP contribution >= 0.6 is 0 Å². The fourth-order valence-electron chi connectivity index (χ4n) is 3.79. The van der Waals surface area contributed by atoms with Crippen molar-refractivity contribution in [2.45, 2.75) is 42.7 Å². The number of sulfone groups is 1. The van der Waals surface area contributed by atoms with Gasteiger partial charge in [-0.1, -0.05) is 18.2 Å². The standard InChI is InChI=1S/C18H24N2O5S.CH2O2/c19-18(22)13-6-7-16-15(12-13)20(9-10-25-16)17(21)8-11-26(23,24)14-4-2-1-3-5-14;2-1-3/h1-5,13,15-16H,6-12H2,(H2,19,22);1H,(H,2,3)/t13-,15+,16+;/m0./s1. The lowest BCUT2D eigenvalue weighted by atomic mass is 9.81. The molecule has 3 atom stereocenters. The molecule has 3 rings (SSSR count). The van der Waals surface area contributed by atoms with Crippen molar-refractivity contribution in [2.75, 3.05) is 18.9 Å². The number of fused-ring (bicyclic) bond motifs is 1. The zero-order valence-electron chi connectivity index (χ0n) is 16.0. The molecule has 1 aromatic carbocycles. The summed E-state index contributed by atoms with van der Waals surface area (Å²) in [6, 6.07) is 7.92. The van der Waals surface area contributed by atoms with Crippen LogP contribution in [0.25, 0.3) is 0 Å². The fraction of sp³-hybridized carbons (Fsp3) is 0.526. The number of carbonyl (C=O) groups is 3. The van der Waals surface area contributed by atoms with Crippen molar-refractivity contribution in [2.24, 2.45) is 11.7 Å². The molecule has 0 radical (unpaired) electrons. The molecule has 1 aromatic rings. The molecule has 0 aromatic heterocycles. The Bertz CT molecular complexity index is 813. The average molecular weight is 426 g/mol. The highest BCUT2D eigenvalue weighted by atomic mass is 32.2. The van der Waals surface area contributed by atoms with Crippen molar-refractivity contribution < 1.29 is 32.6 Å². The van der Waals surface area contributed by atoms with E-state index in [1.54, 1.807) is 23.1 Å². The molecule has 10 heteroatoms. The molecule has 2 aliphatic rings. The monoisotopic (exact) mass is 426 g/mol. The van der Waals surface area contributed by atoms with Crippen LogP contribution in [0, 0.1) is 5.92 Å². The molecule has 29 heavy (non-hydrogen) atoms. The zero-order chi connectivity index (χ0) is 21.4. The maximum Gasteiger partial charge on any atom is 0.290 e. The summed E-state index contributed by atoms with van der Waals surface area (Å²) in [5.74, 6) is -1.06. The highest BCUT2D eigenvalue weighted by Crippen LogP contribution is 2.32. The normalized spacial score (nSPS) is 23.9. The molecule has 0 bridgehead atoms. The van der Waals surface area contributed by atoms with Crippen molar-refractivity contribution in [3.05, 3.63) is 30.3 Å². The predicted molar refractivity (Wildman–Crippen MR) is 104 cm³/mol. The summed E-state index contributed by atoms with van der Waals surface area (Å²) < 4.78 is 30.5. The van der Waals surface area contributed by atoms with Crippen LogP contribution in [0.2, 0.25) is 0 Å². The van der Waals surface area contributed by atoms with Gasteiger partial charge < -0.3 is 20.5 Å². The average Bonchev–Trinajstić information content (AvgIpc) is 2.72. The van der Waals surface area contributed by atoms with E-state index in [0.717, 1.165) is 0 Å². The number of morpholine rings is 1. The molecule has 2 amide bonds. The van der Waals surface area contributed by atoms with Gasteiger partial charge in [0.05, 0.1) is 29.4 Å². The van der Waals surface area contributed by atoms with Gasteiger partial charge in [-0.15, -0.1) is 0 Å². The number of nitrogens with two attached hydrogens (primary N) is 1. The van der Waals surface area contributed by atoms with E-state index >= 15 is 0 Å². The molecule has 9 nitrogen and oxygen atoms in total. The van der Waals surface area contributed by atoms with Gasteiger partial charge in [-0.05, 0) is 31.4 Å². The van der Waals surface area contributed by atoms with Crippen LogP contribution in [0.5, 0.6) is 0 Å². The molecule has 160 valence electrons. The van der Waals surface area contributed by atoms with Crippen molar-refractivity contribution >= 4 is 28.1 Å². The van der Waals surface area contributed by atoms with E-state index in [4.69, 9.17) is 20.4 Å². The van der Waals surface area contributed by atoms with Crippen LogP contribution in [0.1, 0.15) is 25.7 Å². The third-order valence-corrected chi connectivity index (χ3v) is 6.96. The summed E-state index contributed by atoms with van der Waals surface area (Å²) in [6.45, 7) is 0.594. The first-order valence-electron chi connectivity index (χ1n) is 9.36. The summed E-state index contributed by atoms with van der Waals surface area (Å²) in [5, 5.41) is 6.89. The van der Waals surface area contributed by atoms with E-state index in [1.165, 1.54) is 12.1 Å². The van der Waals surface area contributed by atoms with Crippen molar-refractivity contribution in [3.63, 3.8) is 0 Å². The Morgan fingerprint density at radius 1 is 1.24 bits per heavy atom. The van der Waals surface area contributed by atoms with Gasteiger partial charge in [0.2, 0.25) is 11.8 Å². The van der Waals surface area contributed by atoms with E-state index in [2.05, 4.69) is 0 Å². The number of nitrogens with zero attached hydrogens (tertiary/aromatic N) is 1. The van der Waals surface area contributed by atoms with Crippen molar-refractivity contribution in [1.29, 1.82) is 0 Å². The van der Waals surface area contributed by atoms with E-state index in [0.29, 0.717) is 32.4 Å². The van der Waals surface area contributed by atoms with E-state index < -0.39 is 9.84 Å². The molecule has 3 N–H and O–H groups in total. The van der Waals surface area contributed by atoms with Gasteiger partial charge in [-0.3, -0.25) is 14.4 Å². The Labute approximate surface area is 169 Å². The van der Waals surface area contributed by atoms with Crippen LogP contribution in [-0.4, -0.2) is 67.8 Å². The van der Waals surface area contributed by atoms with Crippen molar-refractivity contribution in [1.82, 2.24) is 4.90 Å². The van der Waals surface area contributed by atoms with Gasteiger partial charge in [-0.2, -0.15) is 0 Å². The molecule has 0 spiro atoms. The fourth-order valence-corrected chi connectivity index (χ4v) is 5.04. The number of primary amides is 1. The second-order valence-electron chi connectivity index (χ2n) is 6.96. The molecule has 1 aliphatic heterocycles. The summed E-state index contributed by atoms with van der Waals surface area (Å²) in [6.07, 6.45) is 1.65. The minimum absolute atomic E-state index is 0.0817. The van der Waals surface area contributed by atoms with Crippen LogP contribution in [0.3, 0.4) is 0 Å². The molecular weight excluding hydrogens is 400 g/mol. The summed E-state index contributed by atoms with van der Waals surface area (Å²) in [7, 11) is -3.50. The number of carbonyl (C=O) groups excluding carboxylic acids is 2. The molecule has 1 saturated carbocycles. The Balaban J connectivity index is 0.000000941. The third-order valence-electron chi connectivity index (χ3n) is 5.23. The second-order valence-corrected chi connectivity index (χ2v) is 9.07. The second kappa shape index (κ2) is 10.4. The van der Waals surface area contributed by atoms with Gasteiger partial charge in [0, 0.05) is 18.9 Å². The summed E-state index contributed by atoms with van der Waals surface area (Å²) in [5.41, 5.74) is 5.43. The topological polar surface area (TPSA) is 144 Å². The minimum atomic E-state index is -3.50. The molecule has 2 fully saturated rings. The lowest BCUT2D eigenvalue weighted by Crippen LogP contribution is -2.57. The number of benzene rings is 1. The van der Waals surface area contributed by atoms with Gasteiger partial charge in [0.15, 0.2) is 9.84 Å². The van der Waals surface area contributed by atoms with E-state index in [-0.39, 0.29) is 53.4 Å². The Morgan fingerprint density at radius 3 is 2.52 bits per heavy atom. The van der Waals surface area contributed by atoms with Gasteiger partial charge in [0.25, 0.3) is 6.47 Å². The van der Waals surface area contributed by atoms with Gasteiger partial charge in [0.1, 0.15) is 0 Å². The van der Waals surface area contributed by atoms with Crippen LogP contribution in [0.15, 0.2) is 35.2 Å². The summed E-state index contributed by atoms with van der Waals surface area (Å²) in [4.78, 5) is 34.5.